The minimum absolute atomic E-state index is 0.617. The minimum Gasteiger partial charge on any atom is -0.309 e. The summed E-state index contributed by atoms with van der Waals surface area (Å²) in [5, 5.41) is 6.02. The average Bonchev–Trinajstić information content (AvgIpc) is 3.96. The smallest absolute Gasteiger partial charge is 0.171 e. The Morgan fingerprint density at radius 3 is 1.63 bits per heavy atom. The number of imidazole rings is 1. The van der Waals surface area contributed by atoms with E-state index in [-0.39, 0.29) is 0 Å². The van der Waals surface area contributed by atoms with Crippen molar-refractivity contribution in [2.75, 3.05) is 0 Å². The molecule has 0 aliphatic heterocycles. The lowest BCUT2D eigenvalue weighted by atomic mass is 9.70. The SMILES string of the molecule is O=P(c1ccccc1)(c1ccccc1)c1ccc2c(c1)C1(c3ccccc3-c3ccccc31)c1cc(-c3ccc4c(c3)c3ccccc3n3c5ccccc5nc43)ccc1-2. The molecule has 13 rings (SSSR count). The Hall–Kier alpha value is -7.32. The van der Waals surface area contributed by atoms with E-state index in [4.69, 9.17) is 4.98 Å². The molecule has 2 aromatic heterocycles. The van der Waals surface area contributed by atoms with E-state index in [2.05, 4.69) is 156 Å². The quantitative estimate of drug-likeness (QED) is 0.132. The fraction of sp³-hybridized carbons (Fsp3) is 0.0179. The first-order chi connectivity index (χ1) is 29.6. The highest BCUT2D eigenvalue weighted by molar-refractivity contribution is 7.85. The van der Waals surface area contributed by atoms with Crippen molar-refractivity contribution < 1.29 is 4.57 Å². The molecule has 1 spiro atoms. The van der Waals surface area contributed by atoms with Crippen molar-refractivity contribution in [2.24, 2.45) is 0 Å². The zero-order valence-electron chi connectivity index (χ0n) is 32.5. The predicted octanol–water partition coefficient (Wildman–Crippen LogP) is 12.4. The summed E-state index contributed by atoms with van der Waals surface area (Å²) in [4.78, 5) is 5.16. The largest absolute Gasteiger partial charge is 0.309 e. The van der Waals surface area contributed by atoms with Crippen molar-refractivity contribution in [3.63, 3.8) is 0 Å². The van der Waals surface area contributed by atoms with Crippen molar-refractivity contribution in [2.45, 2.75) is 5.41 Å². The van der Waals surface area contributed by atoms with Gasteiger partial charge in [-0.1, -0.05) is 170 Å². The van der Waals surface area contributed by atoms with E-state index in [1.54, 1.807) is 0 Å². The normalized spacial score (nSPS) is 13.5. The molecule has 2 heterocycles. The second-order valence-electron chi connectivity index (χ2n) is 16.1. The maximum atomic E-state index is 16.0. The monoisotopic (exact) mass is 782 g/mol. The standard InChI is InChI=1S/C56H35N2OP/c59-60(38-15-3-1-4-16-38,39-17-5-2-6-18-39)40-29-32-44-43-30-27-37(34-50(43)56(51(44)35-40)48-22-10-7-19-41(48)42-20-8-11-23-49(42)56)36-28-31-46-47(33-36)45-21-9-13-25-53(45)58-54-26-14-12-24-52(54)57-55(46)58/h1-35H. The van der Waals surface area contributed by atoms with Crippen LogP contribution in [0.15, 0.2) is 212 Å². The number of aromatic nitrogens is 2. The highest BCUT2D eigenvalue weighted by Gasteiger charge is 2.52. The molecule has 2 aliphatic carbocycles. The summed E-state index contributed by atoms with van der Waals surface area (Å²) in [6, 6.07) is 75.5. The Labute approximate surface area is 347 Å². The van der Waals surface area contributed by atoms with E-state index in [0.29, 0.717) is 0 Å². The summed E-state index contributed by atoms with van der Waals surface area (Å²) in [5.74, 6) is 0. The van der Waals surface area contributed by atoms with Gasteiger partial charge in [0.1, 0.15) is 5.65 Å². The molecule has 4 heteroatoms. The number of nitrogens with zero attached hydrogens (tertiary/aromatic N) is 2. The van der Waals surface area contributed by atoms with Gasteiger partial charge in [0.15, 0.2) is 7.14 Å². The Morgan fingerprint density at radius 2 is 0.917 bits per heavy atom. The summed E-state index contributed by atoms with van der Waals surface area (Å²) in [6.07, 6.45) is 0. The highest BCUT2D eigenvalue weighted by atomic mass is 31.2. The third-order valence-corrected chi connectivity index (χ3v) is 16.3. The van der Waals surface area contributed by atoms with Crippen LogP contribution in [0.2, 0.25) is 0 Å². The molecule has 0 saturated heterocycles. The van der Waals surface area contributed by atoms with Crippen molar-refractivity contribution in [1.82, 2.24) is 9.38 Å². The minimum atomic E-state index is -3.27. The Kier molecular flexibility index (Phi) is 6.92. The van der Waals surface area contributed by atoms with Gasteiger partial charge in [0, 0.05) is 26.7 Å². The first-order valence-corrected chi connectivity index (χ1v) is 22.3. The Morgan fingerprint density at radius 1 is 0.383 bits per heavy atom. The summed E-state index contributed by atoms with van der Waals surface area (Å²) in [5.41, 5.74) is 15.7. The fourth-order valence-electron chi connectivity index (χ4n) is 10.7. The molecule has 0 N–H and O–H groups in total. The Balaban J connectivity index is 1.07. The molecule has 280 valence electrons. The third kappa shape index (κ3) is 4.34. The van der Waals surface area contributed by atoms with Crippen LogP contribution in [0.25, 0.3) is 71.7 Å². The van der Waals surface area contributed by atoms with Crippen LogP contribution in [-0.2, 0) is 9.98 Å². The number of rotatable bonds is 4. The maximum absolute atomic E-state index is 16.0. The van der Waals surface area contributed by atoms with Gasteiger partial charge in [-0.3, -0.25) is 4.40 Å². The van der Waals surface area contributed by atoms with Crippen molar-refractivity contribution in [3.8, 4) is 33.4 Å². The summed E-state index contributed by atoms with van der Waals surface area (Å²) >= 11 is 0. The van der Waals surface area contributed by atoms with Crippen LogP contribution in [0.1, 0.15) is 22.3 Å². The highest BCUT2D eigenvalue weighted by Crippen LogP contribution is 2.63. The summed E-state index contributed by atoms with van der Waals surface area (Å²) in [6.45, 7) is 0. The van der Waals surface area contributed by atoms with Gasteiger partial charge in [0.2, 0.25) is 0 Å². The fourth-order valence-corrected chi connectivity index (χ4v) is 13.4. The first-order valence-electron chi connectivity index (χ1n) is 20.6. The Bertz CT molecular complexity index is 3550. The van der Waals surface area contributed by atoms with Crippen molar-refractivity contribution in [3.05, 3.63) is 235 Å². The van der Waals surface area contributed by atoms with Crippen LogP contribution < -0.4 is 15.9 Å². The summed E-state index contributed by atoms with van der Waals surface area (Å²) in [7, 11) is -3.27. The zero-order valence-corrected chi connectivity index (χ0v) is 33.4. The molecule has 9 aromatic carbocycles. The maximum Gasteiger partial charge on any atom is 0.171 e. The average molecular weight is 783 g/mol. The van der Waals surface area contributed by atoms with Crippen LogP contribution in [-0.4, -0.2) is 9.38 Å². The van der Waals surface area contributed by atoms with Gasteiger partial charge >= 0.3 is 0 Å². The van der Waals surface area contributed by atoms with Crippen LogP contribution in [0.5, 0.6) is 0 Å². The molecule has 0 atom stereocenters. The van der Waals surface area contributed by atoms with Gasteiger partial charge in [-0.15, -0.1) is 0 Å². The topological polar surface area (TPSA) is 34.4 Å². The molecule has 2 aliphatic rings. The summed E-state index contributed by atoms with van der Waals surface area (Å²) < 4.78 is 18.3. The lowest BCUT2D eigenvalue weighted by Crippen LogP contribution is -2.29. The number of pyridine rings is 1. The molecule has 60 heavy (non-hydrogen) atoms. The molecule has 0 fully saturated rings. The molecular weight excluding hydrogens is 748 g/mol. The van der Waals surface area contributed by atoms with Gasteiger partial charge < -0.3 is 4.57 Å². The van der Waals surface area contributed by atoms with E-state index in [1.165, 1.54) is 55.3 Å². The van der Waals surface area contributed by atoms with Gasteiger partial charge in [0.25, 0.3) is 0 Å². The lowest BCUT2D eigenvalue weighted by Gasteiger charge is -2.31. The van der Waals surface area contributed by atoms with E-state index in [1.807, 2.05) is 60.7 Å². The van der Waals surface area contributed by atoms with Gasteiger partial charge in [-0.25, -0.2) is 4.98 Å². The van der Waals surface area contributed by atoms with E-state index < -0.39 is 12.6 Å². The van der Waals surface area contributed by atoms with E-state index in [0.717, 1.165) is 54.6 Å². The third-order valence-electron chi connectivity index (χ3n) is 13.3. The van der Waals surface area contributed by atoms with Crippen molar-refractivity contribution >= 4 is 61.4 Å². The van der Waals surface area contributed by atoms with Crippen LogP contribution in [0, 0.1) is 0 Å². The van der Waals surface area contributed by atoms with Gasteiger partial charge in [-0.2, -0.15) is 0 Å². The van der Waals surface area contributed by atoms with Gasteiger partial charge in [0.05, 0.1) is 22.0 Å². The van der Waals surface area contributed by atoms with Crippen LogP contribution in [0.3, 0.4) is 0 Å². The molecule has 0 amide bonds. The number of para-hydroxylation sites is 3. The lowest BCUT2D eigenvalue weighted by molar-refractivity contribution is 0.592. The predicted molar refractivity (Wildman–Crippen MR) is 249 cm³/mol. The van der Waals surface area contributed by atoms with Crippen LogP contribution in [0.4, 0.5) is 0 Å². The second-order valence-corrected chi connectivity index (χ2v) is 18.9. The number of benzene rings is 9. The number of fused-ring (bicyclic) bond motifs is 18. The van der Waals surface area contributed by atoms with E-state index >= 15 is 4.57 Å². The molecule has 0 radical (unpaired) electrons. The molecule has 3 nitrogen and oxygen atoms in total. The van der Waals surface area contributed by atoms with Crippen molar-refractivity contribution in [1.29, 1.82) is 0 Å². The van der Waals surface area contributed by atoms with E-state index in [9.17, 15) is 0 Å². The molecular formula is C56H35N2OP. The number of hydrogen-bond acceptors (Lipinski definition) is 2. The number of hydrogen-bond donors (Lipinski definition) is 0. The van der Waals surface area contributed by atoms with Crippen LogP contribution >= 0.6 is 7.14 Å². The molecule has 0 saturated carbocycles. The van der Waals surface area contributed by atoms with Gasteiger partial charge in [-0.05, 0) is 103 Å². The second kappa shape index (κ2) is 12.3. The molecule has 11 aromatic rings. The molecule has 0 unspecified atom stereocenters. The zero-order chi connectivity index (χ0) is 39.6. The first kappa shape index (κ1) is 33.6. The molecule has 0 bridgehead atoms.